The van der Waals surface area contributed by atoms with Gasteiger partial charge in [-0.25, -0.2) is 4.57 Å². The van der Waals surface area contributed by atoms with Gasteiger partial charge in [-0.2, -0.15) is 0 Å². The van der Waals surface area contributed by atoms with Crippen molar-refractivity contribution in [3.05, 3.63) is 109 Å². The Morgan fingerprint density at radius 2 is 0.877 bits per heavy atom. The van der Waals surface area contributed by atoms with Crippen molar-refractivity contribution in [2.75, 3.05) is 40.9 Å². The van der Waals surface area contributed by atoms with E-state index >= 15 is 0 Å². The maximum Gasteiger partial charge on any atom is 0.472 e. The molecule has 10 heteroatoms. The minimum Gasteiger partial charge on any atom is -0.456 e. The molecule has 0 aromatic heterocycles. The maximum absolute atomic E-state index is 13.5. The Bertz CT molecular complexity index is 1620. The highest BCUT2D eigenvalue weighted by atomic mass is 31.2. The summed E-state index contributed by atoms with van der Waals surface area (Å²) in [5, 5.41) is 3.03. The van der Waals surface area contributed by atoms with Gasteiger partial charge in [0.2, 0.25) is 5.91 Å². The van der Waals surface area contributed by atoms with E-state index < -0.39 is 20.0 Å². The third-order valence-electron chi connectivity index (χ3n) is 12.2. The summed E-state index contributed by atoms with van der Waals surface area (Å²) in [5.41, 5.74) is 0. The number of phosphoric ester groups is 1. The number of nitrogens with one attached hydrogen (secondary N) is 1. The minimum atomic E-state index is -4.46. The zero-order valence-electron chi connectivity index (χ0n) is 47.6. The first-order valence-corrected chi connectivity index (χ1v) is 30.7. The normalized spacial score (nSPS) is 14.6. The summed E-state index contributed by atoms with van der Waals surface area (Å²) in [6.07, 6.45) is 70.8. The van der Waals surface area contributed by atoms with Crippen LogP contribution in [-0.2, 0) is 27.9 Å². The van der Waals surface area contributed by atoms with Gasteiger partial charge in [0.25, 0.3) is 0 Å². The van der Waals surface area contributed by atoms with Crippen LogP contribution in [0.4, 0.5) is 0 Å². The summed E-state index contributed by atoms with van der Waals surface area (Å²) in [5.74, 6) is -0.566. The van der Waals surface area contributed by atoms with Crippen LogP contribution in [0.2, 0.25) is 0 Å². The van der Waals surface area contributed by atoms with E-state index in [4.69, 9.17) is 13.8 Å². The largest absolute Gasteiger partial charge is 0.472 e. The molecule has 0 aliphatic heterocycles. The van der Waals surface area contributed by atoms with Crippen molar-refractivity contribution in [2.24, 2.45) is 0 Å². The molecule has 3 unspecified atom stereocenters. The minimum absolute atomic E-state index is 0.0261. The average Bonchev–Trinajstić information content (AvgIpc) is 3.35. The average molecular weight is 1040 g/mol. The highest BCUT2D eigenvalue weighted by molar-refractivity contribution is 7.47. The lowest BCUT2D eigenvalue weighted by Crippen LogP contribution is -2.47. The smallest absolute Gasteiger partial charge is 0.456 e. The number of carbonyl (C=O) groups is 2. The second-order valence-corrected chi connectivity index (χ2v) is 21.9. The Hall–Kier alpha value is -3.33. The number of unbranched alkanes of at least 4 members (excludes halogenated alkanes) is 19. The van der Waals surface area contributed by atoms with Gasteiger partial charge < -0.3 is 19.4 Å². The quantitative estimate of drug-likeness (QED) is 0.0205. The summed E-state index contributed by atoms with van der Waals surface area (Å²) in [7, 11) is 1.45. The van der Waals surface area contributed by atoms with E-state index in [9.17, 15) is 19.0 Å². The molecular weight excluding hydrogens is 928 g/mol. The molecule has 0 radical (unpaired) electrons. The number of rotatable bonds is 51. The molecule has 0 saturated carbocycles. The number of allylic oxidation sites excluding steroid dienone is 17. The van der Waals surface area contributed by atoms with Crippen molar-refractivity contribution in [2.45, 2.75) is 238 Å². The fourth-order valence-electron chi connectivity index (χ4n) is 7.74. The Morgan fingerprint density at radius 1 is 0.493 bits per heavy atom. The summed E-state index contributed by atoms with van der Waals surface area (Å²) in [4.78, 5) is 37.6. The zero-order valence-corrected chi connectivity index (χ0v) is 48.5. The highest BCUT2D eigenvalue weighted by Crippen LogP contribution is 2.43. The van der Waals surface area contributed by atoms with E-state index in [1.54, 1.807) is 0 Å². The first-order chi connectivity index (χ1) is 35.4. The van der Waals surface area contributed by atoms with Crippen LogP contribution in [0, 0.1) is 0 Å². The van der Waals surface area contributed by atoms with Crippen LogP contribution < -0.4 is 5.32 Å². The molecule has 9 nitrogen and oxygen atoms in total. The van der Waals surface area contributed by atoms with Crippen LogP contribution in [0.5, 0.6) is 0 Å². The monoisotopic (exact) mass is 1040 g/mol. The zero-order chi connectivity index (χ0) is 53.6. The van der Waals surface area contributed by atoms with Gasteiger partial charge in [0.1, 0.15) is 19.3 Å². The summed E-state index contributed by atoms with van der Waals surface area (Å²) in [6.45, 7) is 6.73. The third kappa shape index (κ3) is 53.3. The first-order valence-electron chi connectivity index (χ1n) is 29.2. The predicted molar refractivity (Wildman–Crippen MR) is 313 cm³/mol. The van der Waals surface area contributed by atoms with Crippen molar-refractivity contribution in [1.82, 2.24) is 5.32 Å². The van der Waals surface area contributed by atoms with Gasteiger partial charge in [0, 0.05) is 12.8 Å². The lowest BCUT2D eigenvalue weighted by molar-refractivity contribution is -0.870. The fourth-order valence-corrected chi connectivity index (χ4v) is 8.48. The number of hydrogen-bond acceptors (Lipinski definition) is 6. The van der Waals surface area contributed by atoms with E-state index in [2.05, 4.69) is 123 Å². The molecule has 0 heterocycles. The number of ether oxygens (including phenoxy) is 1. The first kappa shape index (κ1) is 69.7. The van der Waals surface area contributed by atoms with Gasteiger partial charge >= 0.3 is 13.8 Å². The van der Waals surface area contributed by atoms with Crippen molar-refractivity contribution >= 4 is 19.7 Å². The number of esters is 1. The lowest BCUT2D eigenvalue weighted by Gasteiger charge is -2.27. The molecule has 2 N–H and O–H groups in total. The van der Waals surface area contributed by atoms with Gasteiger partial charge in [0.15, 0.2) is 0 Å². The maximum atomic E-state index is 13.5. The number of quaternary nitrogens is 1. The number of amides is 1. The van der Waals surface area contributed by atoms with Crippen molar-refractivity contribution < 1.29 is 37.3 Å². The van der Waals surface area contributed by atoms with Crippen LogP contribution >= 0.6 is 7.82 Å². The summed E-state index contributed by atoms with van der Waals surface area (Å²) >= 11 is 0. The van der Waals surface area contributed by atoms with Gasteiger partial charge in [-0.3, -0.25) is 18.6 Å². The number of phosphoric acid groups is 1. The van der Waals surface area contributed by atoms with E-state index in [-0.39, 0.29) is 31.5 Å². The van der Waals surface area contributed by atoms with E-state index in [0.717, 1.165) is 135 Å². The van der Waals surface area contributed by atoms with Crippen molar-refractivity contribution in [3.8, 4) is 0 Å². The third-order valence-corrected chi connectivity index (χ3v) is 13.2. The van der Waals surface area contributed by atoms with Crippen molar-refractivity contribution in [3.63, 3.8) is 0 Å². The highest BCUT2D eigenvalue weighted by Gasteiger charge is 2.30. The molecule has 0 spiro atoms. The number of likely N-dealkylation sites (N-methyl/N-ethyl adjacent to an activating group) is 1. The molecule has 418 valence electrons. The molecule has 0 aliphatic rings. The molecule has 0 aromatic carbocycles. The molecule has 1 amide bonds. The molecule has 0 aromatic rings. The second-order valence-electron chi connectivity index (χ2n) is 20.4. The van der Waals surface area contributed by atoms with Gasteiger partial charge in [0.05, 0.1) is 33.8 Å². The molecule has 0 fully saturated rings. The van der Waals surface area contributed by atoms with Crippen LogP contribution in [0.1, 0.15) is 226 Å². The lowest BCUT2D eigenvalue weighted by atomic mass is 10.0. The second kappa shape index (κ2) is 52.1. The molecular formula is C63H110N2O7P+. The molecule has 0 aliphatic carbocycles. The topological polar surface area (TPSA) is 111 Å². The summed E-state index contributed by atoms with van der Waals surface area (Å²) < 4.78 is 30.6. The molecule has 3 atom stereocenters. The van der Waals surface area contributed by atoms with E-state index in [1.165, 1.54) is 51.4 Å². The van der Waals surface area contributed by atoms with E-state index in [0.29, 0.717) is 23.9 Å². The Labute approximate surface area is 449 Å². The van der Waals surface area contributed by atoms with Crippen LogP contribution in [0.15, 0.2) is 109 Å². The van der Waals surface area contributed by atoms with Gasteiger partial charge in [-0.15, -0.1) is 0 Å². The Balaban J connectivity index is 5.42. The summed E-state index contributed by atoms with van der Waals surface area (Å²) in [6, 6.07) is -0.875. The SMILES string of the molecule is CC/C=C\C/C=C\C/C=C\C/C=C\C/C=C\CCCCCC(=O)OC(/C=C/CCCCCCCCCCCC)C(COP(=O)(O)OCC[N+](C)(C)C)NC(=O)CCCCCCCC/C=C/C/C=C/C/C=C/CC. The number of carbonyl (C=O) groups excluding carboxylic acids is 2. The van der Waals surface area contributed by atoms with Crippen LogP contribution in [0.25, 0.3) is 0 Å². The molecule has 0 rings (SSSR count). The van der Waals surface area contributed by atoms with E-state index in [1.807, 2.05) is 33.3 Å². The van der Waals surface area contributed by atoms with Gasteiger partial charge in [-0.05, 0) is 109 Å². The fraction of sp³-hybridized carbons (Fsp3) is 0.683. The molecule has 0 bridgehead atoms. The van der Waals surface area contributed by atoms with Crippen LogP contribution in [0.3, 0.4) is 0 Å². The molecule has 73 heavy (non-hydrogen) atoms. The van der Waals surface area contributed by atoms with Crippen LogP contribution in [-0.4, -0.2) is 74.3 Å². The van der Waals surface area contributed by atoms with Crippen molar-refractivity contribution in [1.29, 1.82) is 0 Å². The van der Waals surface area contributed by atoms with Gasteiger partial charge in [-0.1, -0.05) is 214 Å². The Morgan fingerprint density at radius 3 is 1.33 bits per heavy atom. The Kier molecular flexibility index (Phi) is 49.7. The predicted octanol–water partition coefficient (Wildman–Crippen LogP) is 17.8. The standard InChI is InChI=1S/C63H109N2O7P/c1-7-10-13-16-19-22-25-28-30-32-33-34-36-38-41-44-47-50-53-56-63(67)72-61(54-51-48-45-42-39-27-24-21-18-15-12-9-3)60(59-71-73(68,69)70-58-57-65(4,5)6)64-62(66)55-52-49-46-43-40-37-35-31-29-26-23-20-17-14-11-8-2/h10-11,13-14,19-20,22-23,28-31,33-34,38,41,51,54,60-61H,7-9,12,15-18,21,24-27,32,35-37,39-40,42-50,52-53,55-59H2,1-6H3,(H-,64,66,68,69)/p+1/b13-10-,14-11+,22-19-,23-20+,30-28-,31-29+,34-33-,41-38-,54-51+. The molecule has 0 saturated heterocycles. The number of nitrogens with zero attached hydrogens (tertiary/aromatic N) is 1. The number of hydrogen-bond donors (Lipinski definition) is 2.